The number of amides is 1. The topological polar surface area (TPSA) is 230 Å². The van der Waals surface area contributed by atoms with E-state index in [9.17, 15) is 19.4 Å². The summed E-state index contributed by atoms with van der Waals surface area (Å²) in [5, 5.41) is 23.0. The number of rotatable bonds is 8. The Balaban J connectivity index is 1.31. The fraction of sp³-hybridized carbons (Fsp3) is 0.630. The zero-order valence-electron chi connectivity index (χ0n) is 26.8. The Labute approximate surface area is 295 Å². The Kier molecular flexibility index (Phi) is 11.3. The molecule has 1 amide bonds. The van der Waals surface area contributed by atoms with Gasteiger partial charge in [-0.15, -0.1) is 5.10 Å². The van der Waals surface area contributed by atoms with Gasteiger partial charge < -0.3 is 23.4 Å². The van der Waals surface area contributed by atoms with Gasteiger partial charge in [-0.1, -0.05) is 31.3 Å². The second-order valence-electron chi connectivity index (χ2n) is 12.4. The maximum absolute atomic E-state index is 16.0. The van der Waals surface area contributed by atoms with Crippen molar-refractivity contribution >= 4 is 66.4 Å². The summed E-state index contributed by atoms with van der Waals surface area (Å²) in [7, 11) is 0. The van der Waals surface area contributed by atoms with Crippen LogP contribution in [-0.2, 0) is 43.8 Å². The second-order valence-corrected chi connectivity index (χ2v) is 18.3. The van der Waals surface area contributed by atoms with Gasteiger partial charge in [0.05, 0.1) is 50.5 Å². The van der Waals surface area contributed by atoms with E-state index < -0.39 is 55.5 Å². The third-order valence-corrected chi connectivity index (χ3v) is 12.5. The van der Waals surface area contributed by atoms with Crippen molar-refractivity contribution in [3.63, 3.8) is 0 Å². The molecule has 3 fully saturated rings. The summed E-state index contributed by atoms with van der Waals surface area (Å²) in [4.78, 5) is 40.2. The predicted octanol–water partition coefficient (Wildman–Crippen LogP) is 3.70. The second kappa shape index (κ2) is 15.4. The largest absolute Gasteiger partial charge is 0.386 e. The zero-order valence-corrected chi connectivity index (χ0v) is 30.3. The number of halogens is 1. The van der Waals surface area contributed by atoms with Crippen LogP contribution in [0.15, 0.2) is 23.4 Å². The molecule has 2 saturated carbocycles. The fourth-order valence-corrected chi connectivity index (χ4v) is 9.86. The molecule has 3 aromatic rings. The number of hydrogen-bond donors (Lipinski definition) is 4. The number of nitrogens with zero attached hydrogens (tertiary/aromatic N) is 7. The number of hydrogen-bond acceptors (Lipinski definition) is 16. The van der Waals surface area contributed by atoms with Crippen LogP contribution in [0, 0.1) is 29.1 Å². The van der Waals surface area contributed by atoms with Crippen LogP contribution >= 0.6 is 25.8 Å². The van der Waals surface area contributed by atoms with Crippen molar-refractivity contribution in [2.24, 2.45) is 17.8 Å². The van der Waals surface area contributed by atoms with Gasteiger partial charge in [0.15, 0.2) is 11.2 Å². The lowest BCUT2D eigenvalue weighted by Crippen LogP contribution is -2.33. The summed E-state index contributed by atoms with van der Waals surface area (Å²) < 4.78 is 61.0. The minimum absolute atomic E-state index is 0.00354. The first-order valence-electron chi connectivity index (χ1n) is 15.8. The highest BCUT2D eigenvalue weighted by atomic mass is 32.7. The average molecular weight is 773 g/mol. The molecule has 2 bridgehead atoms. The van der Waals surface area contributed by atoms with Crippen molar-refractivity contribution in [3.8, 4) is 6.07 Å². The van der Waals surface area contributed by atoms with Crippen molar-refractivity contribution in [1.82, 2.24) is 34.9 Å². The van der Waals surface area contributed by atoms with Gasteiger partial charge >= 0.3 is 13.5 Å². The molecule has 23 heteroatoms. The van der Waals surface area contributed by atoms with Crippen LogP contribution in [0.5, 0.6) is 0 Å². The molecule has 1 aliphatic heterocycles. The molecule has 1 saturated heterocycles. The maximum atomic E-state index is 16.0. The monoisotopic (exact) mass is 772 g/mol. The van der Waals surface area contributed by atoms with Crippen LogP contribution in [0.4, 0.5) is 16.2 Å². The van der Waals surface area contributed by atoms with Gasteiger partial charge in [-0.25, -0.2) is 23.6 Å². The molecule has 0 unspecified atom stereocenters. The molecule has 2 aliphatic carbocycles. The summed E-state index contributed by atoms with van der Waals surface area (Å²) >= 11 is 10.0. The molecule has 50 heavy (non-hydrogen) atoms. The van der Waals surface area contributed by atoms with Gasteiger partial charge in [0.1, 0.15) is 24.4 Å². The standard InChI is InChI=1S/C27H35FN10O8P2S2/c1-14(2)25(39)34-27-33-24-22(26(40)35-27)36-37-38(24)18-8-15-9-19(18)45-48(50,42-7-3-5-29)44-12-16-10-17(32-20-4-6-30-13-31-20)21(28)23(16)46-47(41,49)43-11-15/h4,6,13-19,21,23H,3,7-12H2,1-2H3,(H,41,49)(H,30,31,32)(H2,33,34,35,39,40)/t15-,16+,17+,18+,19+,21-,23+,47-,48-/m0/s1. The fourth-order valence-electron chi connectivity index (χ4n) is 6.09. The normalized spacial score (nSPS) is 33.2. The molecular weight excluding hydrogens is 737 g/mol. The van der Waals surface area contributed by atoms with Crippen molar-refractivity contribution in [2.75, 3.05) is 30.5 Å². The van der Waals surface area contributed by atoms with Gasteiger partial charge in [0.2, 0.25) is 11.9 Å². The highest BCUT2D eigenvalue weighted by molar-refractivity contribution is 8.44. The number of thiol groups is 1. The quantitative estimate of drug-likeness (QED) is 0.145. The molecule has 270 valence electrons. The molecule has 3 N–H and O–H groups in total. The molecule has 4 heterocycles. The molecule has 9 atom stereocenters. The number of fused-ring (bicyclic) bond motifs is 4. The Morgan fingerprint density at radius 1 is 1.30 bits per heavy atom. The van der Waals surface area contributed by atoms with Gasteiger partial charge in [-0.2, -0.15) is 10.2 Å². The van der Waals surface area contributed by atoms with E-state index in [1.807, 2.05) is 6.07 Å². The van der Waals surface area contributed by atoms with E-state index in [-0.39, 0.29) is 80.4 Å². The number of aromatic nitrogens is 7. The predicted molar refractivity (Wildman–Crippen MR) is 182 cm³/mol. The minimum atomic E-state index is -4.12. The van der Waals surface area contributed by atoms with E-state index in [1.54, 1.807) is 19.9 Å². The van der Waals surface area contributed by atoms with Crippen molar-refractivity contribution in [1.29, 1.82) is 5.26 Å². The number of carbonyl (C=O) groups is 1. The lowest BCUT2D eigenvalue weighted by molar-refractivity contribution is -0.118. The Bertz CT molecular complexity index is 1900. The number of H-pyrrole nitrogens is 1. The summed E-state index contributed by atoms with van der Waals surface area (Å²) in [5.41, 5.74) is -0.626. The van der Waals surface area contributed by atoms with E-state index in [0.717, 1.165) is 0 Å². The Morgan fingerprint density at radius 2 is 2.12 bits per heavy atom. The van der Waals surface area contributed by atoms with E-state index in [0.29, 0.717) is 5.82 Å². The first kappa shape index (κ1) is 36.9. The maximum Gasteiger partial charge on any atom is 0.386 e. The molecule has 18 nitrogen and oxygen atoms in total. The number of aromatic amines is 1. The summed E-state index contributed by atoms with van der Waals surface area (Å²) in [6.45, 7) is -4.83. The van der Waals surface area contributed by atoms with Gasteiger partial charge in [0, 0.05) is 18.0 Å². The smallest absolute Gasteiger partial charge is 0.364 e. The first-order chi connectivity index (χ1) is 23.8. The number of nitriles is 1. The number of carbonyl (C=O) groups excluding carboxylic acids is 1. The SMILES string of the molecule is CC(C)C(=O)Nc1nc2c(nnn2[C@@H]2C[C@@H]3CO[P@](=O)(S)O[C@@H]4[C@@H](CO[P@@](=S)(OCCC#N)O[C@@H]2C3)C[C@@H](Nc2ccncn2)[C@@H]4F)c(=O)[nH]1. The molecule has 0 aromatic carbocycles. The van der Waals surface area contributed by atoms with E-state index >= 15 is 4.39 Å². The van der Waals surface area contributed by atoms with Crippen molar-refractivity contribution in [3.05, 3.63) is 28.9 Å². The zero-order chi connectivity index (χ0) is 35.6. The van der Waals surface area contributed by atoms with E-state index in [4.69, 9.17) is 34.4 Å². The van der Waals surface area contributed by atoms with Crippen molar-refractivity contribution < 1.29 is 36.4 Å². The van der Waals surface area contributed by atoms with Crippen LogP contribution in [0.2, 0.25) is 0 Å². The number of nitrogens with one attached hydrogen (secondary N) is 3. The Morgan fingerprint density at radius 3 is 2.86 bits per heavy atom. The number of anilines is 2. The van der Waals surface area contributed by atoms with Crippen molar-refractivity contribution in [2.45, 2.75) is 70.0 Å². The Hall–Kier alpha value is -2.92. The van der Waals surface area contributed by atoms with E-state index in [1.165, 1.54) is 17.2 Å². The highest BCUT2D eigenvalue weighted by Gasteiger charge is 2.50. The van der Waals surface area contributed by atoms with E-state index in [2.05, 4.69) is 53.1 Å². The summed E-state index contributed by atoms with van der Waals surface area (Å²) in [6.07, 6.45) is -0.169. The minimum Gasteiger partial charge on any atom is -0.364 e. The van der Waals surface area contributed by atoms with Gasteiger partial charge in [0.25, 0.3) is 5.56 Å². The lowest BCUT2D eigenvalue weighted by atomic mass is 10.1. The van der Waals surface area contributed by atoms with Gasteiger partial charge in [-0.05, 0) is 43.1 Å². The van der Waals surface area contributed by atoms with Crippen LogP contribution < -0.4 is 16.2 Å². The van der Waals surface area contributed by atoms with Crippen LogP contribution in [0.25, 0.3) is 11.2 Å². The molecule has 3 aromatic heterocycles. The van der Waals surface area contributed by atoms with Gasteiger partial charge in [-0.3, -0.25) is 24.4 Å². The van der Waals surface area contributed by atoms with Crippen LogP contribution in [0.1, 0.15) is 45.6 Å². The third-order valence-electron chi connectivity index (χ3n) is 8.52. The summed E-state index contributed by atoms with van der Waals surface area (Å²) in [6, 6.07) is 2.10. The third kappa shape index (κ3) is 8.41. The summed E-state index contributed by atoms with van der Waals surface area (Å²) in [5.74, 6) is -1.51. The first-order valence-corrected chi connectivity index (χ1v) is 21.0. The molecule has 0 spiro atoms. The number of alkyl halides is 1. The molecule has 6 rings (SSSR count). The van der Waals surface area contributed by atoms with Crippen LogP contribution in [0.3, 0.4) is 0 Å². The lowest BCUT2D eigenvalue weighted by Gasteiger charge is -2.30. The van der Waals surface area contributed by atoms with Crippen LogP contribution in [-0.4, -0.2) is 85.1 Å². The molecule has 3 aliphatic rings. The average Bonchev–Trinajstić information content (AvgIpc) is 3.75. The molecular formula is C27H35FN10O8P2S2. The highest BCUT2D eigenvalue weighted by Crippen LogP contribution is 2.60. The molecule has 0 radical (unpaired) electrons.